The van der Waals surface area contributed by atoms with Crippen LogP contribution >= 0.6 is 22.9 Å². The van der Waals surface area contributed by atoms with Gasteiger partial charge in [0.05, 0.1) is 15.6 Å². The number of aryl methyl sites for hydroxylation is 1. The van der Waals surface area contributed by atoms with E-state index in [1.807, 2.05) is 29.0 Å². The Bertz CT molecular complexity index is 685. The lowest BCUT2D eigenvalue weighted by molar-refractivity contribution is 1.11. The summed E-state index contributed by atoms with van der Waals surface area (Å²) in [4.78, 5) is 5.73. The number of halogens is 1. The zero-order valence-electron chi connectivity index (χ0n) is 9.14. The molecule has 3 heterocycles. The first-order valence-corrected chi connectivity index (χ1v) is 6.40. The number of fused-ring (bicyclic) bond motifs is 1. The highest BCUT2D eigenvalue weighted by molar-refractivity contribution is 7.13. The fourth-order valence-electron chi connectivity index (χ4n) is 1.90. The van der Waals surface area contributed by atoms with Crippen LogP contribution in [-0.2, 0) is 0 Å². The summed E-state index contributed by atoms with van der Waals surface area (Å²) in [5.74, 6) is 0. The van der Waals surface area contributed by atoms with Crippen LogP contribution < -0.4 is 5.73 Å². The highest BCUT2D eigenvalue weighted by Crippen LogP contribution is 2.30. The van der Waals surface area contributed by atoms with Gasteiger partial charge in [0.2, 0.25) is 0 Å². The first-order valence-electron chi connectivity index (χ1n) is 5.14. The third kappa shape index (κ3) is 1.61. The molecular weight excluding hydrogens is 254 g/mol. The molecule has 17 heavy (non-hydrogen) atoms. The number of hydrogen-bond acceptors (Lipinski definition) is 3. The molecule has 2 N–H and O–H groups in total. The van der Waals surface area contributed by atoms with E-state index in [1.165, 1.54) is 0 Å². The fraction of sp³-hybridized carbons (Fsp3) is 0.0833. The number of pyridine rings is 1. The van der Waals surface area contributed by atoms with Gasteiger partial charge in [-0.15, -0.1) is 11.3 Å². The van der Waals surface area contributed by atoms with Crippen molar-refractivity contribution in [2.24, 2.45) is 0 Å². The molecule has 0 atom stereocenters. The van der Waals surface area contributed by atoms with Crippen LogP contribution in [0.5, 0.6) is 0 Å². The van der Waals surface area contributed by atoms with Crippen molar-refractivity contribution in [2.75, 3.05) is 5.73 Å². The van der Waals surface area contributed by atoms with Gasteiger partial charge in [-0.2, -0.15) is 0 Å². The minimum atomic E-state index is 0.600. The van der Waals surface area contributed by atoms with Crippen LogP contribution in [0.25, 0.3) is 16.2 Å². The van der Waals surface area contributed by atoms with Gasteiger partial charge in [-0.1, -0.05) is 17.7 Å². The Morgan fingerprint density at radius 3 is 3.00 bits per heavy atom. The number of rotatable bonds is 1. The van der Waals surface area contributed by atoms with E-state index >= 15 is 0 Å². The van der Waals surface area contributed by atoms with E-state index in [-0.39, 0.29) is 0 Å². The lowest BCUT2D eigenvalue weighted by Crippen LogP contribution is -1.93. The summed E-state index contributed by atoms with van der Waals surface area (Å²) in [5.41, 5.74) is 9.31. The Hall–Kier alpha value is -1.52. The Kier molecular flexibility index (Phi) is 2.34. The molecule has 0 aliphatic heterocycles. The van der Waals surface area contributed by atoms with E-state index < -0.39 is 0 Å². The number of aromatic nitrogens is 2. The molecule has 0 aliphatic carbocycles. The molecule has 3 aromatic heterocycles. The molecule has 86 valence electrons. The van der Waals surface area contributed by atoms with E-state index in [2.05, 4.69) is 11.1 Å². The van der Waals surface area contributed by atoms with Crippen LogP contribution in [0.4, 0.5) is 5.69 Å². The Labute approximate surface area is 107 Å². The van der Waals surface area contributed by atoms with E-state index in [1.54, 1.807) is 17.4 Å². The predicted molar refractivity (Wildman–Crippen MR) is 72.7 cm³/mol. The SMILES string of the molecule is Cc1c(-c2cccs2)nc2c(N)cc(Cl)cn12. The molecule has 3 nitrogen and oxygen atoms in total. The Morgan fingerprint density at radius 1 is 1.47 bits per heavy atom. The number of nitrogens with zero attached hydrogens (tertiary/aromatic N) is 2. The van der Waals surface area contributed by atoms with E-state index in [0.29, 0.717) is 10.7 Å². The maximum absolute atomic E-state index is 6.00. The fourth-order valence-corrected chi connectivity index (χ4v) is 2.88. The molecule has 0 saturated heterocycles. The normalized spacial score (nSPS) is 11.2. The number of anilines is 1. The van der Waals surface area contributed by atoms with Crippen molar-refractivity contribution in [2.45, 2.75) is 6.92 Å². The lowest BCUT2D eigenvalue weighted by Gasteiger charge is -2.00. The molecule has 0 aliphatic rings. The minimum absolute atomic E-state index is 0.600. The first-order chi connectivity index (χ1) is 8.16. The van der Waals surface area contributed by atoms with Gasteiger partial charge in [-0.25, -0.2) is 4.98 Å². The van der Waals surface area contributed by atoms with E-state index in [4.69, 9.17) is 17.3 Å². The summed E-state index contributed by atoms with van der Waals surface area (Å²) < 4.78 is 1.94. The maximum Gasteiger partial charge on any atom is 0.161 e. The highest BCUT2D eigenvalue weighted by Gasteiger charge is 2.13. The monoisotopic (exact) mass is 263 g/mol. The lowest BCUT2D eigenvalue weighted by atomic mass is 10.3. The van der Waals surface area contributed by atoms with Crippen molar-refractivity contribution in [3.05, 3.63) is 40.5 Å². The second-order valence-electron chi connectivity index (χ2n) is 3.83. The van der Waals surface area contributed by atoms with Crippen LogP contribution in [0.1, 0.15) is 5.69 Å². The summed E-state index contributed by atoms with van der Waals surface area (Å²) in [6.45, 7) is 2.02. The topological polar surface area (TPSA) is 43.3 Å². The summed E-state index contributed by atoms with van der Waals surface area (Å²) in [7, 11) is 0. The number of nitrogen functional groups attached to an aromatic ring is 1. The Morgan fingerprint density at radius 2 is 2.29 bits per heavy atom. The maximum atomic E-state index is 6.00. The number of hydrogen-bond donors (Lipinski definition) is 1. The van der Waals surface area contributed by atoms with Crippen LogP contribution in [0, 0.1) is 6.92 Å². The predicted octanol–water partition coefficient (Wildman–Crippen LogP) is 3.61. The molecule has 0 spiro atoms. The standard InChI is InChI=1S/C12H10ClN3S/c1-7-11(10-3-2-4-17-10)15-12-9(14)5-8(13)6-16(7)12/h2-6H,14H2,1H3. The van der Waals surface area contributed by atoms with Gasteiger partial charge < -0.3 is 10.1 Å². The molecule has 0 aromatic carbocycles. The average molecular weight is 264 g/mol. The van der Waals surface area contributed by atoms with Crippen molar-refractivity contribution in [3.8, 4) is 10.6 Å². The van der Waals surface area contributed by atoms with E-state index in [0.717, 1.165) is 21.9 Å². The summed E-state index contributed by atoms with van der Waals surface area (Å²) >= 11 is 7.67. The van der Waals surface area contributed by atoms with Crippen molar-refractivity contribution in [3.63, 3.8) is 0 Å². The summed E-state index contributed by atoms with van der Waals surface area (Å²) in [6, 6.07) is 5.79. The van der Waals surface area contributed by atoms with Crippen molar-refractivity contribution < 1.29 is 0 Å². The molecule has 3 rings (SSSR count). The van der Waals surface area contributed by atoms with Crippen molar-refractivity contribution in [1.29, 1.82) is 0 Å². The Balaban J connectivity index is 2.36. The van der Waals surface area contributed by atoms with Gasteiger partial charge in [0, 0.05) is 11.9 Å². The molecule has 0 unspecified atom stereocenters. The van der Waals surface area contributed by atoms with Crippen LogP contribution in [-0.4, -0.2) is 9.38 Å². The van der Waals surface area contributed by atoms with Gasteiger partial charge in [-0.05, 0) is 24.4 Å². The van der Waals surface area contributed by atoms with Crippen LogP contribution in [0.15, 0.2) is 29.8 Å². The third-order valence-corrected chi connectivity index (χ3v) is 3.79. The molecule has 0 radical (unpaired) electrons. The van der Waals surface area contributed by atoms with Crippen molar-refractivity contribution in [1.82, 2.24) is 9.38 Å². The quantitative estimate of drug-likeness (QED) is 0.729. The number of imidazole rings is 1. The molecule has 0 saturated carbocycles. The highest BCUT2D eigenvalue weighted by atomic mass is 35.5. The third-order valence-electron chi connectivity index (χ3n) is 2.71. The van der Waals surface area contributed by atoms with E-state index in [9.17, 15) is 0 Å². The largest absolute Gasteiger partial charge is 0.396 e. The van der Waals surface area contributed by atoms with Crippen LogP contribution in [0.2, 0.25) is 5.02 Å². The minimum Gasteiger partial charge on any atom is -0.396 e. The van der Waals surface area contributed by atoms with Gasteiger partial charge >= 0.3 is 0 Å². The first kappa shape index (κ1) is 10.6. The average Bonchev–Trinajstić information content (AvgIpc) is 2.87. The zero-order chi connectivity index (χ0) is 12.0. The summed E-state index contributed by atoms with van der Waals surface area (Å²) in [6.07, 6.45) is 1.84. The number of thiophene rings is 1. The molecular formula is C12H10ClN3S. The molecule has 5 heteroatoms. The molecule has 0 amide bonds. The number of nitrogens with two attached hydrogens (primary N) is 1. The molecule has 3 aromatic rings. The zero-order valence-corrected chi connectivity index (χ0v) is 10.7. The molecule has 0 bridgehead atoms. The van der Waals surface area contributed by atoms with Gasteiger partial charge in [-0.3, -0.25) is 0 Å². The van der Waals surface area contributed by atoms with Gasteiger partial charge in [0.1, 0.15) is 5.69 Å². The summed E-state index contributed by atoms with van der Waals surface area (Å²) in [5, 5.41) is 2.66. The van der Waals surface area contributed by atoms with Gasteiger partial charge in [0.15, 0.2) is 5.65 Å². The second kappa shape index (κ2) is 3.75. The van der Waals surface area contributed by atoms with Crippen molar-refractivity contribution >= 4 is 34.3 Å². The smallest absolute Gasteiger partial charge is 0.161 e. The van der Waals surface area contributed by atoms with Gasteiger partial charge in [0.25, 0.3) is 0 Å². The van der Waals surface area contributed by atoms with Crippen LogP contribution in [0.3, 0.4) is 0 Å². The molecule has 0 fully saturated rings. The second-order valence-corrected chi connectivity index (χ2v) is 5.21.